The largest absolute Gasteiger partial charge is 0.357 e. The van der Waals surface area contributed by atoms with Crippen LogP contribution in [-0.2, 0) is 0 Å². The van der Waals surface area contributed by atoms with Crippen molar-refractivity contribution in [2.75, 3.05) is 24.5 Å². The highest BCUT2D eigenvalue weighted by Gasteiger charge is 2.14. The van der Waals surface area contributed by atoms with Gasteiger partial charge in [0.15, 0.2) is 0 Å². The van der Waals surface area contributed by atoms with Crippen LogP contribution < -0.4 is 10.2 Å². The number of aromatic nitrogens is 2. The van der Waals surface area contributed by atoms with Crippen molar-refractivity contribution in [2.45, 2.75) is 33.1 Å². The number of nitrogens with one attached hydrogen (secondary N) is 1. The van der Waals surface area contributed by atoms with Crippen LogP contribution in [0.15, 0.2) is 23.7 Å². The first-order chi connectivity index (χ1) is 11.6. The fraction of sp³-hybridized carbons (Fsp3) is 0.500. The zero-order valence-electron chi connectivity index (χ0n) is 14.3. The zero-order valence-corrected chi connectivity index (χ0v) is 15.1. The maximum Gasteiger partial charge on any atom is 0.270 e. The zero-order chi connectivity index (χ0) is 16.9. The van der Waals surface area contributed by atoms with E-state index in [1.165, 1.54) is 30.6 Å². The Labute approximate surface area is 147 Å². The van der Waals surface area contributed by atoms with Gasteiger partial charge in [-0.05, 0) is 37.3 Å². The van der Waals surface area contributed by atoms with E-state index >= 15 is 0 Å². The molecule has 6 heteroatoms. The lowest BCUT2D eigenvalue weighted by Gasteiger charge is -2.27. The molecular weight excluding hydrogens is 320 g/mol. The van der Waals surface area contributed by atoms with Gasteiger partial charge in [0, 0.05) is 36.8 Å². The van der Waals surface area contributed by atoms with Gasteiger partial charge in [0.05, 0.1) is 0 Å². The molecule has 0 bridgehead atoms. The maximum atomic E-state index is 12.1. The lowest BCUT2D eigenvalue weighted by atomic mass is 10.1. The van der Waals surface area contributed by atoms with Gasteiger partial charge in [0.1, 0.15) is 16.5 Å². The summed E-state index contributed by atoms with van der Waals surface area (Å²) < 4.78 is 0. The van der Waals surface area contributed by atoms with E-state index in [4.69, 9.17) is 0 Å². The van der Waals surface area contributed by atoms with Crippen molar-refractivity contribution in [1.29, 1.82) is 0 Å². The van der Waals surface area contributed by atoms with Crippen LogP contribution in [0.1, 0.15) is 43.6 Å². The van der Waals surface area contributed by atoms with Crippen LogP contribution >= 0.6 is 11.3 Å². The maximum absolute atomic E-state index is 12.1. The molecule has 0 radical (unpaired) electrons. The molecule has 1 N–H and O–H groups in total. The summed E-state index contributed by atoms with van der Waals surface area (Å²) in [6.07, 6.45) is 5.66. The van der Waals surface area contributed by atoms with Crippen LogP contribution in [-0.4, -0.2) is 35.5 Å². The first-order valence-electron chi connectivity index (χ1n) is 8.58. The summed E-state index contributed by atoms with van der Waals surface area (Å²) in [4.78, 5) is 23.4. The van der Waals surface area contributed by atoms with E-state index in [2.05, 4.69) is 40.1 Å². The standard InChI is InChI=1S/C18H24N4OS/c1-13(2)10-20-17(23)15-12-24-18(21-15)14-6-7-16(19-11-14)22-8-4-3-5-9-22/h6-7,11-13H,3-5,8-10H2,1-2H3,(H,20,23). The van der Waals surface area contributed by atoms with Gasteiger partial charge in [-0.15, -0.1) is 11.3 Å². The molecule has 3 heterocycles. The SMILES string of the molecule is CC(C)CNC(=O)c1csc(-c2ccc(N3CCCCC3)nc2)n1. The number of rotatable bonds is 5. The summed E-state index contributed by atoms with van der Waals surface area (Å²) in [5.41, 5.74) is 1.44. The van der Waals surface area contributed by atoms with Crippen molar-refractivity contribution >= 4 is 23.1 Å². The van der Waals surface area contributed by atoms with Gasteiger partial charge in [-0.2, -0.15) is 0 Å². The highest BCUT2D eigenvalue weighted by molar-refractivity contribution is 7.13. The molecule has 1 fully saturated rings. The lowest BCUT2D eigenvalue weighted by molar-refractivity contribution is 0.0945. The van der Waals surface area contributed by atoms with E-state index in [0.29, 0.717) is 18.2 Å². The number of thiazole rings is 1. The molecule has 0 aliphatic carbocycles. The summed E-state index contributed by atoms with van der Waals surface area (Å²) in [6, 6.07) is 4.10. The Kier molecular flexibility index (Phi) is 5.45. The van der Waals surface area contributed by atoms with Gasteiger partial charge in [-0.1, -0.05) is 13.8 Å². The second-order valence-electron chi connectivity index (χ2n) is 6.59. The minimum absolute atomic E-state index is 0.107. The van der Waals surface area contributed by atoms with Crippen LogP contribution in [0.25, 0.3) is 10.6 Å². The third kappa shape index (κ3) is 4.12. The number of carbonyl (C=O) groups excluding carboxylic acids is 1. The summed E-state index contributed by atoms with van der Waals surface area (Å²) in [5, 5.41) is 5.54. The Morgan fingerprint density at radius 1 is 1.29 bits per heavy atom. The third-order valence-corrected chi connectivity index (χ3v) is 4.97. The predicted molar refractivity (Wildman–Crippen MR) is 98.6 cm³/mol. The average Bonchev–Trinajstić information content (AvgIpc) is 3.11. The van der Waals surface area contributed by atoms with E-state index in [9.17, 15) is 4.79 Å². The highest BCUT2D eigenvalue weighted by atomic mass is 32.1. The smallest absolute Gasteiger partial charge is 0.270 e. The molecule has 1 amide bonds. The number of carbonyl (C=O) groups is 1. The van der Waals surface area contributed by atoms with E-state index in [1.54, 1.807) is 0 Å². The molecule has 24 heavy (non-hydrogen) atoms. The first kappa shape index (κ1) is 16.9. The number of hydrogen-bond donors (Lipinski definition) is 1. The van der Waals surface area contributed by atoms with Crippen molar-refractivity contribution in [2.24, 2.45) is 5.92 Å². The molecule has 128 valence electrons. The molecule has 0 atom stereocenters. The van der Waals surface area contributed by atoms with Gasteiger partial charge in [0.25, 0.3) is 5.91 Å². The summed E-state index contributed by atoms with van der Waals surface area (Å²) in [6.45, 7) is 6.98. The van der Waals surface area contributed by atoms with Crippen LogP contribution in [0.2, 0.25) is 0 Å². The van der Waals surface area contributed by atoms with Gasteiger partial charge >= 0.3 is 0 Å². The van der Waals surface area contributed by atoms with E-state index in [1.807, 2.05) is 17.6 Å². The molecule has 0 unspecified atom stereocenters. The first-order valence-corrected chi connectivity index (χ1v) is 9.46. The molecule has 5 nitrogen and oxygen atoms in total. The summed E-state index contributed by atoms with van der Waals surface area (Å²) in [7, 11) is 0. The highest BCUT2D eigenvalue weighted by Crippen LogP contribution is 2.25. The third-order valence-electron chi connectivity index (χ3n) is 4.08. The van der Waals surface area contributed by atoms with Gasteiger partial charge in [-0.3, -0.25) is 4.79 Å². The van der Waals surface area contributed by atoms with E-state index in [-0.39, 0.29) is 5.91 Å². The van der Waals surface area contributed by atoms with E-state index in [0.717, 1.165) is 29.5 Å². The number of anilines is 1. The second kappa shape index (κ2) is 7.75. The minimum Gasteiger partial charge on any atom is -0.357 e. The Morgan fingerprint density at radius 3 is 2.75 bits per heavy atom. The molecule has 3 rings (SSSR count). The van der Waals surface area contributed by atoms with Crippen LogP contribution in [0.5, 0.6) is 0 Å². The molecule has 1 saturated heterocycles. The minimum atomic E-state index is -0.107. The lowest BCUT2D eigenvalue weighted by Crippen LogP contribution is -2.29. The van der Waals surface area contributed by atoms with Crippen molar-refractivity contribution < 1.29 is 4.79 Å². The van der Waals surface area contributed by atoms with Gasteiger partial charge < -0.3 is 10.2 Å². The fourth-order valence-electron chi connectivity index (χ4n) is 2.72. The summed E-state index contributed by atoms with van der Waals surface area (Å²) in [5.74, 6) is 1.35. The number of hydrogen-bond acceptors (Lipinski definition) is 5. The monoisotopic (exact) mass is 344 g/mol. The Bertz CT molecular complexity index is 675. The van der Waals surface area contributed by atoms with Crippen LogP contribution in [0.4, 0.5) is 5.82 Å². The van der Waals surface area contributed by atoms with Crippen molar-refractivity contribution in [3.8, 4) is 10.6 Å². The fourth-order valence-corrected chi connectivity index (χ4v) is 3.51. The Morgan fingerprint density at radius 2 is 2.08 bits per heavy atom. The molecular formula is C18H24N4OS. The van der Waals surface area contributed by atoms with E-state index < -0.39 is 0 Å². The molecule has 1 aliphatic rings. The summed E-state index contributed by atoms with van der Waals surface area (Å²) >= 11 is 1.48. The number of pyridine rings is 1. The number of amides is 1. The van der Waals surface area contributed by atoms with Crippen molar-refractivity contribution in [1.82, 2.24) is 15.3 Å². The van der Waals surface area contributed by atoms with Gasteiger partial charge in [-0.25, -0.2) is 9.97 Å². The normalized spacial score (nSPS) is 14.9. The molecule has 2 aromatic rings. The topological polar surface area (TPSA) is 58.1 Å². The van der Waals surface area contributed by atoms with Crippen molar-refractivity contribution in [3.05, 3.63) is 29.4 Å². The average molecular weight is 344 g/mol. The molecule has 0 saturated carbocycles. The van der Waals surface area contributed by atoms with Gasteiger partial charge in [0.2, 0.25) is 0 Å². The number of piperidine rings is 1. The molecule has 1 aliphatic heterocycles. The van der Waals surface area contributed by atoms with Crippen LogP contribution in [0, 0.1) is 5.92 Å². The molecule has 0 spiro atoms. The van der Waals surface area contributed by atoms with Crippen LogP contribution in [0.3, 0.4) is 0 Å². The second-order valence-corrected chi connectivity index (χ2v) is 7.45. The Hall–Kier alpha value is -1.95. The molecule has 2 aromatic heterocycles. The predicted octanol–water partition coefficient (Wildman–Crippen LogP) is 3.58. The van der Waals surface area contributed by atoms with Crippen molar-refractivity contribution in [3.63, 3.8) is 0 Å². The Balaban J connectivity index is 1.67. The molecule has 0 aromatic carbocycles. The number of nitrogens with zero attached hydrogens (tertiary/aromatic N) is 3. The quantitative estimate of drug-likeness (QED) is 0.901.